The van der Waals surface area contributed by atoms with Crippen LogP contribution in [-0.4, -0.2) is 32.4 Å². The first-order valence-corrected chi connectivity index (χ1v) is 8.67. The van der Waals surface area contributed by atoms with Gasteiger partial charge in [-0.25, -0.2) is 4.57 Å². The molecule has 20 heavy (non-hydrogen) atoms. The van der Waals surface area contributed by atoms with Crippen LogP contribution in [0.25, 0.3) is 0 Å². The number of carbonyl (C=O) groups is 1. The van der Waals surface area contributed by atoms with Crippen molar-refractivity contribution >= 4 is 13.8 Å². The van der Waals surface area contributed by atoms with Gasteiger partial charge in [0.05, 0.1) is 19.8 Å². The van der Waals surface area contributed by atoms with Gasteiger partial charge in [0.2, 0.25) is 0 Å². The van der Waals surface area contributed by atoms with E-state index in [4.69, 9.17) is 18.3 Å². The number of carbonyl (C=O) groups excluding carboxylic acids is 1. The van der Waals surface area contributed by atoms with Crippen molar-refractivity contribution in [1.29, 1.82) is 0 Å². The second kappa shape index (κ2) is 12.3. The Balaban J connectivity index is 4.00. The highest BCUT2D eigenvalue weighted by Crippen LogP contribution is 2.49. The molecule has 0 aliphatic carbocycles. The zero-order chi connectivity index (χ0) is 15.3. The maximum atomic E-state index is 12.2. The van der Waals surface area contributed by atoms with Crippen LogP contribution >= 0.6 is 7.82 Å². The fourth-order valence-corrected chi connectivity index (χ4v) is 2.64. The van der Waals surface area contributed by atoms with Gasteiger partial charge in [0.15, 0.2) is 0 Å². The van der Waals surface area contributed by atoms with Crippen molar-refractivity contribution < 1.29 is 27.7 Å². The first-order chi connectivity index (χ1) is 9.54. The summed E-state index contributed by atoms with van der Waals surface area (Å²) < 4.78 is 32.5. The lowest BCUT2D eigenvalue weighted by Gasteiger charge is -2.17. The van der Waals surface area contributed by atoms with Gasteiger partial charge in [0.25, 0.3) is 0 Å². The van der Waals surface area contributed by atoms with Crippen molar-refractivity contribution in [3.05, 3.63) is 0 Å². The fraction of sp³-hybridized carbons (Fsp3) is 0.923. The van der Waals surface area contributed by atoms with E-state index in [9.17, 15) is 9.36 Å². The Hall–Kier alpha value is -0.420. The molecule has 0 bridgehead atoms. The largest absolute Gasteiger partial charge is 0.474 e. The summed E-state index contributed by atoms with van der Waals surface area (Å²) in [5, 5.41) is 0. The standard InChI is InChI=1S/C13H27O6P/c1-4-6-7-8-10-18-20(15,17-9-5-2)19-12-11-16-13(3)14/h4-12H2,1-3H3. The van der Waals surface area contributed by atoms with Gasteiger partial charge < -0.3 is 4.74 Å². The summed E-state index contributed by atoms with van der Waals surface area (Å²) in [4.78, 5) is 10.6. The maximum Gasteiger partial charge on any atom is 0.474 e. The minimum Gasteiger partial charge on any atom is -0.463 e. The van der Waals surface area contributed by atoms with E-state index in [-0.39, 0.29) is 13.2 Å². The van der Waals surface area contributed by atoms with Crippen molar-refractivity contribution in [1.82, 2.24) is 0 Å². The van der Waals surface area contributed by atoms with Gasteiger partial charge in [-0.05, 0) is 12.8 Å². The highest BCUT2D eigenvalue weighted by Gasteiger charge is 2.26. The number of hydrogen-bond donors (Lipinski definition) is 0. The Kier molecular flexibility index (Phi) is 12.1. The van der Waals surface area contributed by atoms with E-state index in [1.165, 1.54) is 6.92 Å². The van der Waals surface area contributed by atoms with Gasteiger partial charge in [-0.15, -0.1) is 0 Å². The smallest absolute Gasteiger partial charge is 0.463 e. The minimum atomic E-state index is -3.54. The Morgan fingerprint density at radius 1 is 0.850 bits per heavy atom. The van der Waals surface area contributed by atoms with Gasteiger partial charge >= 0.3 is 13.8 Å². The molecule has 1 unspecified atom stereocenters. The number of ether oxygens (including phenoxy) is 1. The highest BCUT2D eigenvalue weighted by molar-refractivity contribution is 7.48. The van der Waals surface area contributed by atoms with Crippen molar-refractivity contribution in [3.8, 4) is 0 Å². The summed E-state index contributed by atoms with van der Waals surface area (Å²) in [5.41, 5.74) is 0. The number of esters is 1. The number of unbranched alkanes of at least 4 members (excludes halogenated alkanes) is 3. The predicted octanol–water partition coefficient (Wildman–Crippen LogP) is 3.70. The second-order valence-corrected chi connectivity index (χ2v) is 6.02. The van der Waals surface area contributed by atoms with Gasteiger partial charge in [-0.3, -0.25) is 18.4 Å². The number of rotatable bonds is 13. The lowest BCUT2D eigenvalue weighted by molar-refractivity contribution is -0.141. The summed E-state index contributed by atoms with van der Waals surface area (Å²) in [6, 6.07) is 0. The molecule has 7 heteroatoms. The molecule has 120 valence electrons. The lowest BCUT2D eigenvalue weighted by Crippen LogP contribution is -2.09. The molecule has 0 aliphatic heterocycles. The van der Waals surface area contributed by atoms with E-state index < -0.39 is 13.8 Å². The predicted molar refractivity (Wildman–Crippen MR) is 76.5 cm³/mol. The average Bonchev–Trinajstić information content (AvgIpc) is 2.41. The van der Waals surface area contributed by atoms with E-state index in [1.807, 2.05) is 6.92 Å². The molecular formula is C13H27O6P. The monoisotopic (exact) mass is 310 g/mol. The van der Waals surface area contributed by atoms with Crippen LogP contribution in [0.5, 0.6) is 0 Å². The molecule has 0 aromatic heterocycles. The third kappa shape index (κ3) is 11.4. The molecule has 0 aliphatic rings. The van der Waals surface area contributed by atoms with Gasteiger partial charge in [-0.1, -0.05) is 33.1 Å². The molecule has 6 nitrogen and oxygen atoms in total. The Bertz CT molecular complexity index is 295. The van der Waals surface area contributed by atoms with E-state index in [0.29, 0.717) is 13.2 Å². The van der Waals surface area contributed by atoms with Crippen LogP contribution in [0.1, 0.15) is 52.9 Å². The SMILES string of the molecule is CCCCCCOP(=O)(OCCC)OCCOC(C)=O. The van der Waals surface area contributed by atoms with Crippen molar-refractivity contribution in [3.63, 3.8) is 0 Å². The van der Waals surface area contributed by atoms with Crippen LogP contribution in [0.2, 0.25) is 0 Å². The van der Waals surface area contributed by atoms with Crippen molar-refractivity contribution in [2.75, 3.05) is 26.4 Å². The molecule has 0 fully saturated rings. The van der Waals surface area contributed by atoms with Crippen LogP contribution in [-0.2, 0) is 27.7 Å². The second-order valence-electron chi connectivity index (χ2n) is 4.35. The van der Waals surface area contributed by atoms with E-state index >= 15 is 0 Å². The van der Waals surface area contributed by atoms with Crippen LogP contribution in [0, 0.1) is 0 Å². The molecule has 0 aromatic carbocycles. The van der Waals surface area contributed by atoms with Crippen LogP contribution < -0.4 is 0 Å². The quantitative estimate of drug-likeness (QED) is 0.293. The Labute approximate surface area is 121 Å². The van der Waals surface area contributed by atoms with Gasteiger partial charge in [0.1, 0.15) is 6.61 Å². The highest BCUT2D eigenvalue weighted by atomic mass is 31.2. The average molecular weight is 310 g/mol. The topological polar surface area (TPSA) is 71.1 Å². The third-order valence-electron chi connectivity index (χ3n) is 2.34. The molecule has 0 radical (unpaired) electrons. The van der Waals surface area contributed by atoms with Crippen LogP contribution in [0.15, 0.2) is 0 Å². The molecule has 1 atom stereocenters. The summed E-state index contributed by atoms with van der Waals surface area (Å²) in [6.45, 7) is 6.01. The summed E-state index contributed by atoms with van der Waals surface area (Å²) in [7, 11) is -3.54. The molecular weight excluding hydrogens is 283 g/mol. The van der Waals surface area contributed by atoms with Crippen LogP contribution in [0.4, 0.5) is 0 Å². The third-order valence-corrected chi connectivity index (χ3v) is 3.84. The summed E-state index contributed by atoms with van der Waals surface area (Å²) >= 11 is 0. The first kappa shape index (κ1) is 19.6. The van der Waals surface area contributed by atoms with Gasteiger partial charge in [-0.2, -0.15) is 0 Å². The Morgan fingerprint density at radius 2 is 1.50 bits per heavy atom. The van der Waals surface area contributed by atoms with E-state index in [0.717, 1.165) is 32.1 Å². The fourth-order valence-electron chi connectivity index (χ4n) is 1.35. The summed E-state index contributed by atoms with van der Waals surface area (Å²) in [6.07, 6.45) is 4.81. The number of hydrogen-bond acceptors (Lipinski definition) is 6. The van der Waals surface area contributed by atoms with Gasteiger partial charge in [0, 0.05) is 6.92 Å². The molecule has 0 saturated carbocycles. The summed E-state index contributed by atoms with van der Waals surface area (Å²) in [5.74, 6) is -0.404. The molecule has 0 amide bonds. The Morgan fingerprint density at radius 3 is 2.10 bits per heavy atom. The molecule has 0 rings (SSSR count). The van der Waals surface area contributed by atoms with E-state index in [2.05, 4.69) is 6.92 Å². The van der Waals surface area contributed by atoms with Crippen molar-refractivity contribution in [2.45, 2.75) is 52.9 Å². The lowest BCUT2D eigenvalue weighted by atomic mass is 10.2. The normalized spacial score (nSPS) is 13.9. The zero-order valence-corrected chi connectivity index (χ0v) is 13.7. The van der Waals surface area contributed by atoms with E-state index in [1.54, 1.807) is 0 Å². The first-order valence-electron chi connectivity index (χ1n) is 7.21. The minimum absolute atomic E-state index is 0.00443. The van der Waals surface area contributed by atoms with Crippen molar-refractivity contribution in [2.24, 2.45) is 0 Å². The number of phosphoric acid groups is 1. The molecule has 0 spiro atoms. The molecule has 0 heterocycles. The van der Waals surface area contributed by atoms with Crippen LogP contribution in [0.3, 0.4) is 0 Å². The number of phosphoric ester groups is 1. The molecule has 0 N–H and O–H groups in total. The zero-order valence-electron chi connectivity index (χ0n) is 12.8. The molecule has 0 aromatic rings. The maximum absolute atomic E-state index is 12.2. The molecule has 0 saturated heterocycles.